The van der Waals surface area contributed by atoms with Crippen LogP contribution in [0.4, 0.5) is 0 Å². The Hall–Kier alpha value is -0.960. The van der Waals surface area contributed by atoms with Crippen molar-refractivity contribution in [3.63, 3.8) is 0 Å². The lowest BCUT2D eigenvalue weighted by Crippen LogP contribution is -2.36. The van der Waals surface area contributed by atoms with Gasteiger partial charge in [-0.15, -0.1) is 0 Å². The van der Waals surface area contributed by atoms with Crippen molar-refractivity contribution in [1.29, 1.82) is 0 Å². The number of ether oxygens (including phenoxy) is 2. The van der Waals surface area contributed by atoms with Gasteiger partial charge in [0, 0.05) is 27.3 Å². The molecule has 0 atom stereocenters. The van der Waals surface area contributed by atoms with Crippen LogP contribution in [-0.2, 0) is 19.5 Å². The fourth-order valence-electron chi connectivity index (χ4n) is 1.41. The summed E-state index contributed by atoms with van der Waals surface area (Å²) in [7, 11) is -0.511. The Morgan fingerprint density at radius 1 is 1.28 bits per heavy atom. The van der Waals surface area contributed by atoms with Gasteiger partial charge in [-0.1, -0.05) is 0 Å². The van der Waals surface area contributed by atoms with Crippen LogP contribution in [0, 0.1) is 6.92 Å². The molecule has 1 N–H and O–H groups in total. The highest BCUT2D eigenvalue weighted by Crippen LogP contribution is 2.12. The van der Waals surface area contributed by atoms with Gasteiger partial charge in [0.2, 0.25) is 0 Å². The highest BCUT2D eigenvalue weighted by Gasteiger charge is 2.25. The summed E-state index contributed by atoms with van der Waals surface area (Å²) in [4.78, 5) is 6.63. The largest absolute Gasteiger partial charge is 0.383 e. The van der Waals surface area contributed by atoms with Crippen molar-refractivity contribution in [2.24, 2.45) is 0 Å². The van der Waals surface area contributed by atoms with Crippen molar-refractivity contribution >= 4 is 10.0 Å². The number of H-pyrrole nitrogens is 1. The summed E-state index contributed by atoms with van der Waals surface area (Å²) < 4.78 is 35.7. The molecule has 0 aliphatic heterocycles. The monoisotopic (exact) mass is 277 g/mol. The number of nitrogens with one attached hydrogen (secondary N) is 1. The highest BCUT2D eigenvalue weighted by molar-refractivity contribution is 7.89. The first-order valence-electron chi connectivity index (χ1n) is 5.52. The van der Waals surface area contributed by atoms with Gasteiger partial charge in [-0.25, -0.2) is 13.4 Å². The Labute approximate surface area is 107 Å². The van der Waals surface area contributed by atoms with Gasteiger partial charge in [0.05, 0.1) is 19.4 Å². The zero-order chi connectivity index (χ0) is 13.6. The predicted molar refractivity (Wildman–Crippen MR) is 65.8 cm³/mol. The van der Waals surface area contributed by atoms with E-state index >= 15 is 0 Å². The molecule has 8 heteroatoms. The van der Waals surface area contributed by atoms with Crippen LogP contribution in [0.1, 0.15) is 5.82 Å². The maximum Gasteiger partial charge on any atom is 0.260 e. The molecule has 0 radical (unpaired) electrons. The first-order chi connectivity index (χ1) is 8.52. The number of aryl methyl sites for hydroxylation is 1. The van der Waals surface area contributed by atoms with E-state index in [0.29, 0.717) is 19.0 Å². The van der Waals surface area contributed by atoms with E-state index in [0.717, 1.165) is 0 Å². The molecular formula is C10H19N3O4S. The van der Waals surface area contributed by atoms with Gasteiger partial charge in [0.15, 0.2) is 5.03 Å². The van der Waals surface area contributed by atoms with Crippen LogP contribution < -0.4 is 0 Å². The van der Waals surface area contributed by atoms with E-state index in [4.69, 9.17) is 9.47 Å². The number of nitrogens with zero attached hydrogens (tertiary/aromatic N) is 2. The van der Waals surface area contributed by atoms with E-state index in [1.165, 1.54) is 24.7 Å². The van der Waals surface area contributed by atoms with E-state index in [9.17, 15) is 8.42 Å². The van der Waals surface area contributed by atoms with E-state index < -0.39 is 10.0 Å². The molecule has 7 nitrogen and oxygen atoms in total. The molecule has 0 aliphatic carbocycles. The molecule has 18 heavy (non-hydrogen) atoms. The van der Waals surface area contributed by atoms with Crippen molar-refractivity contribution < 1.29 is 17.9 Å². The number of aromatic nitrogens is 2. The normalized spacial score (nSPS) is 12.2. The summed E-state index contributed by atoms with van der Waals surface area (Å²) in [6, 6.07) is 0. The molecule has 0 amide bonds. The number of hydrogen-bond acceptors (Lipinski definition) is 5. The van der Waals surface area contributed by atoms with Crippen LogP contribution in [-0.4, -0.2) is 63.2 Å². The van der Waals surface area contributed by atoms with Crippen LogP contribution in [0.3, 0.4) is 0 Å². The minimum atomic E-state index is -3.57. The fourth-order valence-corrected chi connectivity index (χ4v) is 2.78. The lowest BCUT2D eigenvalue weighted by molar-refractivity contribution is 0.150. The standard InChI is InChI=1S/C10H19N3O4S/c1-9-11-8-10(12-9)18(14,15)13(4-6-16-2)5-7-17-3/h8H,4-7H2,1-3H3,(H,11,12). The Kier molecular flexibility index (Phi) is 5.73. The zero-order valence-electron chi connectivity index (χ0n) is 10.8. The fraction of sp³-hybridized carbons (Fsp3) is 0.700. The number of hydrogen-bond donors (Lipinski definition) is 1. The molecule has 1 aromatic rings. The SMILES string of the molecule is COCCN(CCOC)S(=O)(=O)c1cnc(C)[nH]1. The van der Waals surface area contributed by atoms with Crippen molar-refractivity contribution in [3.05, 3.63) is 12.0 Å². The predicted octanol–water partition coefficient (Wildman–Crippen LogP) is 0.00162. The maximum absolute atomic E-state index is 12.3. The molecule has 1 rings (SSSR count). The lowest BCUT2D eigenvalue weighted by atomic mass is 10.6. The number of rotatable bonds is 8. The maximum atomic E-state index is 12.3. The second-order valence-corrected chi connectivity index (χ2v) is 5.63. The molecule has 0 saturated heterocycles. The smallest absolute Gasteiger partial charge is 0.260 e. The highest BCUT2D eigenvalue weighted by atomic mass is 32.2. The van der Waals surface area contributed by atoms with Crippen LogP contribution in [0.5, 0.6) is 0 Å². The molecular weight excluding hydrogens is 258 g/mol. The minimum absolute atomic E-state index is 0.0900. The van der Waals surface area contributed by atoms with Crippen LogP contribution in [0.2, 0.25) is 0 Å². The third-order valence-corrected chi connectivity index (χ3v) is 4.20. The van der Waals surface area contributed by atoms with Crippen molar-refractivity contribution in [2.75, 3.05) is 40.5 Å². The molecule has 0 unspecified atom stereocenters. The van der Waals surface area contributed by atoms with Crippen molar-refractivity contribution in [1.82, 2.24) is 14.3 Å². The molecule has 0 saturated carbocycles. The average molecular weight is 277 g/mol. The van der Waals surface area contributed by atoms with Gasteiger partial charge in [-0.2, -0.15) is 4.31 Å². The summed E-state index contributed by atoms with van der Waals surface area (Å²) in [5.74, 6) is 0.562. The van der Waals surface area contributed by atoms with Crippen LogP contribution >= 0.6 is 0 Å². The summed E-state index contributed by atoms with van der Waals surface area (Å²) in [5, 5.41) is 0.0900. The van der Waals surface area contributed by atoms with Crippen molar-refractivity contribution in [3.8, 4) is 0 Å². The first kappa shape index (κ1) is 15.1. The Balaban J connectivity index is 2.88. The van der Waals surface area contributed by atoms with Gasteiger partial charge in [0.1, 0.15) is 5.82 Å². The molecule has 0 fully saturated rings. The molecule has 0 aliphatic rings. The molecule has 104 valence electrons. The third-order valence-electron chi connectivity index (χ3n) is 2.39. The second-order valence-electron chi connectivity index (χ2n) is 3.72. The second kappa shape index (κ2) is 6.83. The molecule has 0 bridgehead atoms. The Morgan fingerprint density at radius 3 is 2.22 bits per heavy atom. The molecule has 1 heterocycles. The van der Waals surface area contributed by atoms with Gasteiger partial charge in [-0.3, -0.25) is 0 Å². The van der Waals surface area contributed by atoms with E-state index in [1.807, 2.05) is 0 Å². The average Bonchev–Trinajstić information content (AvgIpc) is 2.76. The summed E-state index contributed by atoms with van der Waals surface area (Å²) in [6.45, 7) is 2.92. The van der Waals surface area contributed by atoms with E-state index in [2.05, 4.69) is 9.97 Å². The molecule has 1 aromatic heterocycles. The van der Waals surface area contributed by atoms with Gasteiger partial charge in [0.25, 0.3) is 10.0 Å². The Morgan fingerprint density at radius 2 is 1.83 bits per heavy atom. The minimum Gasteiger partial charge on any atom is -0.383 e. The Bertz CT molecular complexity index is 449. The number of sulfonamides is 1. The van der Waals surface area contributed by atoms with Gasteiger partial charge in [-0.05, 0) is 6.92 Å². The molecule has 0 spiro atoms. The topological polar surface area (TPSA) is 84.5 Å². The van der Waals surface area contributed by atoms with Gasteiger partial charge < -0.3 is 14.5 Å². The summed E-state index contributed by atoms with van der Waals surface area (Å²) >= 11 is 0. The number of imidazole rings is 1. The molecule has 0 aromatic carbocycles. The first-order valence-corrected chi connectivity index (χ1v) is 6.96. The van der Waals surface area contributed by atoms with Crippen molar-refractivity contribution in [2.45, 2.75) is 11.9 Å². The van der Waals surface area contributed by atoms with Crippen LogP contribution in [0.25, 0.3) is 0 Å². The number of methoxy groups -OCH3 is 2. The van der Waals surface area contributed by atoms with Crippen LogP contribution in [0.15, 0.2) is 11.2 Å². The number of aromatic amines is 1. The third kappa shape index (κ3) is 3.77. The zero-order valence-corrected chi connectivity index (χ0v) is 11.7. The van der Waals surface area contributed by atoms with E-state index in [-0.39, 0.29) is 18.1 Å². The summed E-state index contributed by atoms with van der Waals surface area (Å²) in [5.41, 5.74) is 0. The lowest BCUT2D eigenvalue weighted by Gasteiger charge is -2.20. The van der Waals surface area contributed by atoms with E-state index in [1.54, 1.807) is 6.92 Å². The summed E-state index contributed by atoms with van der Waals surface area (Å²) in [6.07, 6.45) is 1.32. The van der Waals surface area contributed by atoms with Gasteiger partial charge >= 0.3 is 0 Å². The quantitative estimate of drug-likeness (QED) is 0.723.